The zero-order valence-electron chi connectivity index (χ0n) is 16.3. The number of aliphatic hydroxyl groups excluding tert-OH is 1. The van der Waals surface area contributed by atoms with Crippen molar-refractivity contribution < 1.29 is 32.1 Å². The van der Waals surface area contributed by atoms with E-state index in [0.29, 0.717) is 24.2 Å². The lowest BCUT2D eigenvalue weighted by molar-refractivity contribution is -0.274. The lowest BCUT2D eigenvalue weighted by atomic mass is 10.0. The summed E-state index contributed by atoms with van der Waals surface area (Å²) in [6.45, 7) is 1.04. The van der Waals surface area contributed by atoms with Gasteiger partial charge in [0.05, 0.1) is 0 Å². The lowest BCUT2D eigenvalue weighted by Gasteiger charge is -2.26. The first kappa shape index (κ1) is 21.1. The van der Waals surface area contributed by atoms with Crippen molar-refractivity contribution in [1.82, 2.24) is 4.90 Å². The van der Waals surface area contributed by atoms with Crippen LogP contribution in [0.1, 0.15) is 17.4 Å². The summed E-state index contributed by atoms with van der Waals surface area (Å²) >= 11 is 0. The van der Waals surface area contributed by atoms with Crippen LogP contribution in [0.5, 0.6) is 11.5 Å². The van der Waals surface area contributed by atoms with Crippen LogP contribution in [-0.2, 0) is 6.54 Å². The smallest absolute Gasteiger partial charge is 0.489 e. The van der Waals surface area contributed by atoms with Gasteiger partial charge >= 0.3 is 6.36 Å². The molecule has 1 unspecified atom stereocenters. The van der Waals surface area contributed by atoms with E-state index in [0.717, 1.165) is 17.7 Å². The van der Waals surface area contributed by atoms with E-state index in [4.69, 9.17) is 4.74 Å². The Morgan fingerprint density at radius 2 is 1.71 bits per heavy atom. The Morgan fingerprint density at radius 3 is 2.39 bits per heavy atom. The fourth-order valence-corrected chi connectivity index (χ4v) is 3.54. The maximum absolute atomic E-state index is 14.8. The molecule has 0 bridgehead atoms. The molecule has 1 N–H and O–H groups in total. The Kier molecular flexibility index (Phi) is 5.84. The van der Waals surface area contributed by atoms with Crippen molar-refractivity contribution >= 4 is 0 Å². The molecule has 1 aliphatic heterocycles. The third-order valence-corrected chi connectivity index (χ3v) is 4.97. The molecule has 0 spiro atoms. The van der Waals surface area contributed by atoms with E-state index in [9.17, 15) is 22.7 Å². The van der Waals surface area contributed by atoms with Crippen LogP contribution in [0.2, 0.25) is 0 Å². The molecule has 162 valence electrons. The van der Waals surface area contributed by atoms with Gasteiger partial charge in [0.1, 0.15) is 18.6 Å². The molecule has 1 heterocycles. The highest BCUT2D eigenvalue weighted by Crippen LogP contribution is 2.37. The molecular weight excluding hydrogens is 414 g/mol. The second kappa shape index (κ2) is 8.56. The standard InChI is InChI=1S/C23H19F4NO3/c24-20-13-17(16-6-8-18(9-7-16)31-23(25,26)27)12-19-21(20)30-11-10-28(22(19)29)14-15-4-2-1-3-5-15/h1-9,12-13,22,29H,10-11,14H2. The molecule has 31 heavy (non-hydrogen) atoms. The average molecular weight is 433 g/mol. The predicted molar refractivity (Wildman–Crippen MR) is 106 cm³/mol. The van der Waals surface area contributed by atoms with Gasteiger partial charge in [0, 0.05) is 18.7 Å². The Bertz CT molecular complexity index is 1040. The summed E-state index contributed by atoms with van der Waals surface area (Å²) in [7, 11) is 0. The summed E-state index contributed by atoms with van der Waals surface area (Å²) in [6.07, 6.45) is -5.90. The number of ether oxygens (including phenoxy) is 2. The van der Waals surface area contributed by atoms with Gasteiger partial charge in [-0.3, -0.25) is 4.90 Å². The van der Waals surface area contributed by atoms with Gasteiger partial charge in [0.25, 0.3) is 0 Å². The molecule has 1 aliphatic rings. The highest BCUT2D eigenvalue weighted by Gasteiger charge is 2.31. The number of halogens is 4. The van der Waals surface area contributed by atoms with E-state index in [1.807, 2.05) is 30.3 Å². The van der Waals surface area contributed by atoms with Crippen LogP contribution in [0.15, 0.2) is 66.7 Å². The number of hydrogen-bond acceptors (Lipinski definition) is 4. The third kappa shape index (κ3) is 4.98. The van der Waals surface area contributed by atoms with E-state index < -0.39 is 18.4 Å². The van der Waals surface area contributed by atoms with Crippen LogP contribution in [0.4, 0.5) is 17.6 Å². The number of hydrogen-bond donors (Lipinski definition) is 1. The minimum Gasteiger partial charge on any atom is -0.489 e. The first-order valence-corrected chi connectivity index (χ1v) is 9.58. The zero-order valence-corrected chi connectivity index (χ0v) is 16.3. The Morgan fingerprint density at radius 1 is 1.00 bits per heavy atom. The molecular formula is C23H19F4NO3. The van der Waals surface area contributed by atoms with Gasteiger partial charge < -0.3 is 14.6 Å². The fourth-order valence-electron chi connectivity index (χ4n) is 3.54. The van der Waals surface area contributed by atoms with Gasteiger partial charge in [-0.25, -0.2) is 4.39 Å². The highest BCUT2D eigenvalue weighted by atomic mass is 19.4. The number of aliphatic hydroxyl groups is 1. The Balaban J connectivity index is 1.63. The summed E-state index contributed by atoms with van der Waals surface area (Å²) in [6, 6.07) is 17.5. The van der Waals surface area contributed by atoms with Crippen molar-refractivity contribution in [2.75, 3.05) is 13.2 Å². The maximum Gasteiger partial charge on any atom is 0.573 e. The van der Waals surface area contributed by atoms with E-state index in [1.165, 1.54) is 18.2 Å². The summed E-state index contributed by atoms with van der Waals surface area (Å²) in [5, 5.41) is 11.0. The molecule has 8 heteroatoms. The van der Waals surface area contributed by atoms with Crippen molar-refractivity contribution in [2.24, 2.45) is 0 Å². The average Bonchev–Trinajstić information content (AvgIpc) is 2.88. The third-order valence-electron chi connectivity index (χ3n) is 4.97. The minimum atomic E-state index is -4.79. The number of alkyl halides is 3. The van der Waals surface area contributed by atoms with Crippen LogP contribution >= 0.6 is 0 Å². The van der Waals surface area contributed by atoms with Crippen LogP contribution in [0.3, 0.4) is 0 Å². The molecule has 0 saturated heterocycles. The molecule has 3 aromatic carbocycles. The normalized spacial score (nSPS) is 16.9. The zero-order chi connectivity index (χ0) is 22.0. The predicted octanol–water partition coefficient (Wildman–Crippen LogP) is 5.28. The van der Waals surface area contributed by atoms with Gasteiger partial charge in [-0.05, 0) is 41.0 Å². The van der Waals surface area contributed by atoms with Gasteiger partial charge in [0.2, 0.25) is 0 Å². The molecule has 0 saturated carbocycles. The van der Waals surface area contributed by atoms with E-state index in [1.54, 1.807) is 11.0 Å². The second-order valence-electron chi connectivity index (χ2n) is 7.13. The molecule has 0 aromatic heterocycles. The summed E-state index contributed by atoms with van der Waals surface area (Å²) < 4.78 is 61.3. The van der Waals surface area contributed by atoms with Crippen LogP contribution in [0.25, 0.3) is 11.1 Å². The quantitative estimate of drug-likeness (QED) is 0.569. The van der Waals surface area contributed by atoms with Gasteiger partial charge in [0.15, 0.2) is 11.6 Å². The van der Waals surface area contributed by atoms with Gasteiger partial charge in [-0.1, -0.05) is 42.5 Å². The van der Waals surface area contributed by atoms with Crippen molar-refractivity contribution in [3.8, 4) is 22.6 Å². The largest absolute Gasteiger partial charge is 0.573 e. The Hall–Kier alpha value is -3.10. The summed E-state index contributed by atoms with van der Waals surface area (Å²) in [5.74, 6) is -1.04. The van der Waals surface area contributed by atoms with Crippen molar-refractivity contribution in [1.29, 1.82) is 0 Å². The van der Waals surface area contributed by atoms with Crippen molar-refractivity contribution in [2.45, 2.75) is 19.1 Å². The number of nitrogens with zero attached hydrogens (tertiary/aromatic N) is 1. The summed E-state index contributed by atoms with van der Waals surface area (Å²) in [5.41, 5.74) is 2.13. The molecule has 4 nitrogen and oxygen atoms in total. The van der Waals surface area contributed by atoms with Crippen LogP contribution < -0.4 is 9.47 Å². The Labute approximate surface area is 176 Å². The molecule has 1 atom stereocenters. The fraction of sp³-hybridized carbons (Fsp3) is 0.217. The lowest BCUT2D eigenvalue weighted by Crippen LogP contribution is -2.29. The van der Waals surface area contributed by atoms with E-state index in [-0.39, 0.29) is 23.7 Å². The topological polar surface area (TPSA) is 41.9 Å². The minimum absolute atomic E-state index is 0.0242. The number of benzene rings is 3. The first-order chi connectivity index (χ1) is 14.8. The molecule has 0 aliphatic carbocycles. The monoisotopic (exact) mass is 433 g/mol. The van der Waals surface area contributed by atoms with Crippen molar-refractivity contribution in [3.63, 3.8) is 0 Å². The molecule has 0 fully saturated rings. The second-order valence-corrected chi connectivity index (χ2v) is 7.13. The highest BCUT2D eigenvalue weighted by molar-refractivity contribution is 5.67. The van der Waals surface area contributed by atoms with Gasteiger partial charge in [-0.15, -0.1) is 13.2 Å². The SMILES string of the molecule is OC1c2cc(-c3ccc(OC(F)(F)F)cc3)cc(F)c2OCCN1Cc1ccccc1. The molecule has 0 amide bonds. The van der Waals surface area contributed by atoms with E-state index >= 15 is 0 Å². The molecule has 4 rings (SSSR count). The summed E-state index contributed by atoms with van der Waals surface area (Å²) in [4.78, 5) is 1.77. The molecule has 3 aromatic rings. The number of rotatable bonds is 4. The van der Waals surface area contributed by atoms with E-state index in [2.05, 4.69) is 4.74 Å². The molecule has 0 radical (unpaired) electrons. The van der Waals surface area contributed by atoms with Gasteiger partial charge in [-0.2, -0.15) is 0 Å². The maximum atomic E-state index is 14.8. The van der Waals surface area contributed by atoms with Crippen LogP contribution in [-0.4, -0.2) is 29.5 Å². The number of fused-ring (bicyclic) bond motifs is 1. The first-order valence-electron chi connectivity index (χ1n) is 9.58. The van der Waals surface area contributed by atoms with Crippen molar-refractivity contribution in [3.05, 3.63) is 83.7 Å². The van der Waals surface area contributed by atoms with Crippen LogP contribution in [0, 0.1) is 5.82 Å².